The highest BCUT2D eigenvalue weighted by Crippen LogP contribution is 2.56. The van der Waals surface area contributed by atoms with Gasteiger partial charge >= 0.3 is 0 Å². The molecule has 0 saturated carbocycles. The van der Waals surface area contributed by atoms with Gasteiger partial charge in [0.05, 0.1) is 5.69 Å². The summed E-state index contributed by atoms with van der Waals surface area (Å²) >= 11 is 0. The average molecular weight is 750 g/mol. The zero-order valence-corrected chi connectivity index (χ0v) is 34.6. The number of hydrogen-bond donors (Lipinski definition) is 0. The normalized spacial score (nSPS) is 15.7. The fourth-order valence-corrected chi connectivity index (χ4v) is 10.1. The lowest BCUT2D eigenvalue weighted by atomic mass is 9.62. The Morgan fingerprint density at radius 3 is 1.50 bits per heavy atom. The molecule has 1 nitrogen and oxygen atoms in total. The molecule has 0 spiro atoms. The van der Waals surface area contributed by atoms with E-state index in [9.17, 15) is 0 Å². The predicted octanol–water partition coefficient (Wildman–Crippen LogP) is 16.0. The molecule has 0 unspecified atom stereocenters. The summed E-state index contributed by atoms with van der Waals surface area (Å²) < 4.78 is 0. The van der Waals surface area contributed by atoms with Crippen LogP contribution in [-0.2, 0) is 16.2 Å². The summed E-state index contributed by atoms with van der Waals surface area (Å²) in [4.78, 5) is 2.47. The van der Waals surface area contributed by atoms with Crippen LogP contribution < -0.4 is 4.90 Å². The van der Waals surface area contributed by atoms with Gasteiger partial charge in [-0.15, -0.1) is 0 Å². The van der Waals surface area contributed by atoms with Crippen LogP contribution in [0.25, 0.3) is 55.3 Å². The van der Waals surface area contributed by atoms with Gasteiger partial charge in [0.1, 0.15) is 0 Å². The monoisotopic (exact) mass is 749 g/mol. The minimum absolute atomic E-state index is 0.0959. The van der Waals surface area contributed by atoms with Gasteiger partial charge in [0, 0.05) is 22.4 Å². The van der Waals surface area contributed by atoms with Crippen molar-refractivity contribution in [2.24, 2.45) is 0 Å². The van der Waals surface area contributed by atoms with E-state index in [0.29, 0.717) is 0 Å². The molecular weight excluding hydrogens is 699 g/mol. The van der Waals surface area contributed by atoms with Crippen LogP contribution in [0.15, 0.2) is 176 Å². The maximum absolute atomic E-state index is 2.59. The summed E-state index contributed by atoms with van der Waals surface area (Å²) in [6.45, 7) is 14.6. The predicted molar refractivity (Wildman–Crippen MR) is 248 cm³/mol. The Morgan fingerprint density at radius 2 is 0.862 bits per heavy atom. The van der Waals surface area contributed by atoms with Crippen molar-refractivity contribution in [2.75, 3.05) is 4.90 Å². The Balaban J connectivity index is 1.15. The molecule has 2 aliphatic carbocycles. The van der Waals surface area contributed by atoms with Crippen molar-refractivity contribution in [3.63, 3.8) is 0 Å². The molecule has 58 heavy (non-hydrogen) atoms. The van der Waals surface area contributed by atoms with Gasteiger partial charge in [-0.05, 0) is 132 Å². The van der Waals surface area contributed by atoms with E-state index >= 15 is 0 Å². The number of fused-ring (bicyclic) bond motifs is 5. The number of nitrogens with zero attached hydrogens (tertiary/aromatic N) is 1. The summed E-state index contributed by atoms with van der Waals surface area (Å²) in [6.07, 6.45) is 2.42. The summed E-state index contributed by atoms with van der Waals surface area (Å²) in [5.74, 6) is 0. The van der Waals surface area contributed by atoms with E-state index in [1.54, 1.807) is 0 Å². The van der Waals surface area contributed by atoms with E-state index in [-0.39, 0.29) is 16.2 Å². The number of rotatable bonds is 6. The fourth-order valence-electron chi connectivity index (χ4n) is 10.1. The summed E-state index contributed by atoms with van der Waals surface area (Å²) in [5, 5.41) is 2.53. The maximum Gasteiger partial charge on any atom is 0.0540 e. The molecule has 0 aromatic heterocycles. The van der Waals surface area contributed by atoms with Gasteiger partial charge in [0.15, 0.2) is 0 Å². The van der Waals surface area contributed by atoms with Crippen LogP contribution in [0.3, 0.4) is 0 Å². The smallest absolute Gasteiger partial charge is 0.0540 e. The van der Waals surface area contributed by atoms with Crippen LogP contribution in [0, 0.1) is 0 Å². The molecule has 2 aliphatic rings. The molecule has 0 saturated heterocycles. The van der Waals surface area contributed by atoms with E-state index in [4.69, 9.17) is 0 Å². The van der Waals surface area contributed by atoms with E-state index in [0.717, 1.165) is 17.1 Å². The van der Waals surface area contributed by atoms with E-state index in [1.165, 1.54) is 90.4 Å². The Hall–Kier alpha value is -6.18. The Bertz CT molecular complexity index is 2830. The van der Waals surface area contributed by atoms with Crippen molar-refractivity contribution < 1.29 is 0 Å². The molecule has 0 aliphatic heterocycles. The minimum Gasteiger partial charge on any atom is -0.310 e. The quantitative estimate of drug-likeness (QED) is 0.164. The number of benzene rings is 8. The van der Waals surface area contributed by atoms with Crippen LogP contribution in [0.4, 0.5) is 17.1 Å². The Labute approximate surface area is 344 Å². The van der Waals surface area contributed by atoms with Gasteiger partial charge < -0.3 is 4.90 Å². The first kappa shape index (κ1) is 36.2. The molecule has 0 heterocycles. The summed E-state index contributed by atoms with van der Waals surface area (Å²) in [6, 6.07) is 65.4. The van der Waals surface area contributed by atoms with Gasteiger partial charge in [-0.1, -0.05) is 181 Å². The molecule has 0 amide bonds. The SMILES string of the molecule is CC1(C)CCC(C)(C)c2cc3c(cc21)-c1cc(N(c2ccc(-c4cccc5cccc(-c6ccccc6)c45)cc2)c2ccccc2-c2ccccc2)ccc1C3(C)C. The first-order valence-corrected chi connectivity index (χ1v) is 21.0. The van der Waals surface area contributed by atoms with Crippen LogP contribution in [-0.4, -0.2) is 0 Å². The number of anilines is 3. The minimum atomic E-state index is -0.0959. The molecule has 0 bridgehead atoms. The average Bonchev–Trinajstić information content (AvgIpc) is 3.47. The van der Waals surface area contributed by atoms with Gasteiger partial charge in [-0.25, -0.2) is 0 Å². The van der Waals surface area contributed by atoms with Crippen LogP contribution in [0.2, 0.25) is 0 Å². The van der Waals surface area contributed by atoms with Crippen LogP contribution >= 0.6 is 0 Å². The van der Waals surface area contributed by atoms with Crippen molar-refractivity contribution >= 4 is 27.8 Å². The molecule has 8 aromatic rings. The van der Waals surface area contributed by atoms with E-state index in [2.05, 4.69) is 222 Å². The second-order valence-electron chi connectivity index (χ2n) is 18.4. The molecule has 0 fully saturated rings. The highest BCUT2D eigenvalue weighted by molar-refractivity contribution is 6.06. The molecule has 0 N–H and O–H groups in total. The van der Waals surface area contributed by atoms with Crippen molar-refractivity contribution in [3.8, 4) is 44.5 Å². The van der Waals surface area contributed by atoms with Crippen molar-refractivity contribution in [1.82, 2.24) is 0 Å². The summed E-state index contributed by atoms with van der Waals surface area (Å²) in [5.41, 5.74) is 19.6. The highest BCUT2D eigenvalue weighted by atomic mass is 15.1. The van der Waals surface area contributed by atoms with E-state index in [1.807, 2.05) is 0 Å². The van der Waals surface area contributed by atoms with Crippen LogP contribution in [0.1, 0.15) is 76.6 Å². The second kappa shape index (κ2) is 13.5. The lowest BCUT2D eigenvalue weighted by molar-refractivity contribution is 0.331. The second-order valence-corrected chi connectivity index (χ2v) is 18.4. The molecule has 8 aromatic carbocycles. The van der Waals surface area contributed by atoms with Crippen molar-refractivity contribution in [2.45, 2.75) is 70.6 Å². The van der Waals surface area contributed by atoms with Gasteiger partial charge in [0.2, 0.25) is 0 Å². The lowest BCUT2D eigenvalue weighted by Crippen LogP contribution is -2.34. The van der Waals surface area contributed by atoms with Crippen molar-refractivity contribution in [1.29, 1.82) is 0 Å². The highest BCUT2D eigenvalue weighted by Gasteiger charge is 2.42. The topological polar surface area (TPSA) is 3.24 Å². The lowest BCUT2D eigenvalue weighted by Gasteiger charge is -2.42. The van der Waals surface area contributed by atoms with Crippen LogP contribution in [0.5, 0.6) is 0 Å². The summed E-state index contributed by atoms with van der Waals surface area (Å²) in [7, 11) is 0. The van der Waals surface area contributed by atoms with Crippen molar-refractivity contribution in [3.05, 3.63) is 198 Å². The molecule has 0 radical (unpaired) electrons. The molecule has 1 heteroatoms. The zero-order chi connectivity index (χ0) is 39.8. The van der Waals surface area contributed by atoms with Gasteiger partial charge in [-0.2, -0.15) is 0 Å². The molecule has 10 rings (SSSR count). The zero-order valence-electron chi connectivity index (χ0n) is 34.6. The Morgan fingerprint density at radius 1 is 0.362 bits per heavy atom. The standard InChI is InChI=1S/C57H51N/c1-55(2)33-34-56(3,4)52-37-50-48(36-51(52)55)47-35-43(31-32-49(47)57(50,5)6)58(53-26-14-13-23-44(53)38-17-9-7-10-18-38)42-29-27-40(28-30-42)46-25-16-22-41-21-15-24-45(54(41)46)39-19-11-8-12-20-39/h7-32,35-37H,33-34H2,1-6H3. The molecular formula is C57H51N. The third kappa shape index (κ3) is 5.82. The number of para-hydroxylation sites is 1. The third-order valence-electron chi connectivity index (χ3n) is 13.5. The Kier molecular flexibility index (Phi) is 8.39. The maximum atomic E-state index is 2.59. The van der Waals surface area contributed by atoms with E-state index < -0.39 is 0 Å². The largest absolute Gasteiger partial charge is 0.310 e. The van der Waals surface area contributed by atoms with Gasteiger partial charge in [-0.3, -0.25) is 0 Å². The first-order valence-electron chi connectivity index (χ1n) is 21.0. The molecule has 0 atom stereocenters. The van der Waals surface area contributed by atoms with Gasteiger partial charge in [0.25, 0.3) is 0 Å². The number of hydrogen-bond acceptors (Lipinski definition) is 1. The molecule has 284 valence electrons. The first-order chi connectivity index (χ1) is 28.0. The fraction of sp³-hybridized carbons (Fsp3) is 0.193. The third-order valence-corrected chi connectivity index (χ3v) is 13.5.